The van der Waals surface area contributed by atoms with Crippen LogP contribution in [0, 0.1) is 11.3 Å². The van der Waals surface area contributed by atoms with E-state index in [1.165, 1.54) is 17.7 Å². The van der Waals surface area contributed by atoms with Crippen LogP contribution in [-0.4, -0.2) is 86.6 Å². The first-order valence-electron chi connectivity index (χ1n) is 12.1. The highest BCUT2D eigenvalue weighted by Gasteiger charge is 2.53. The first-order valence-corrected chi connectivity index (χ1v) is 12.1. The molecule has 10 nitrogen and oxygen atoms in total. The molecule has 0 unspecified atom stereocenters. The zero-order valence-corrected chi connectivity index (χ0v) is 19.7. The van der Waals surface area contributed by atoms with Gasteiger partial charge in [-0.05, 0) is 43.6 Å². The summed E-state index contributed by atoms with van der Waals surface area (Å²) in [7, 11) is 0. The number of amides is 1. The molecule has 1 saturated heterocycles. The molecule has 2 aliphatic carbocycles. The number of imidazole rings is 1. The van der Waals surface area contributed by atoms with E-state index in [1.807, 2.05) is 13.0 Å². The smallest absolute Gasteiger partial charge is 0.244 e. The highest BCUT2D eigenvalue weighted by Crippen LogP contribution is 2.59. The number of hydrogen-bond acceptors (Lipinski definition) is 7. The van der Waals surface area contributed by atoms with Gasteiger partial charge in [-0.1, -0.05) is 6.92 Å². The van der Waals surface area contributed by atoms with Gasteiger partial charge in [0.05, 0.1) is 37.7 Å². The molecule has 1 aliphatic heterocycles. The minimum Gasteiger partial charge on any atom is -0.395 e. The fourth-order valence-corrected chi connectivity index (χ4v) is 5.61. The number of morpholine rings is 1. The van der Waals surface area contributed by atoms with E-state index in [0.717, 1.165) is 24.5 Å². The van der Waals surface area contributed by atoms with Crippen LogP contribution >= 0.6 is 0 Å². The number of H-pyrrole nitrogens is 2. The largest absolute Gasteiger partial charge is 0.395 e. The molecular formula is C24H31N7O3. The summed E-state index contributed by atoms with van der Waals surface area (Å²) in [5.41, 5.74) is 5.73. The molecule has 3 N–H and O–H groups in total. The predicted molar refractivity (Wildman–Crippen MR) is 126 cm³/mol. The van der Waals surface area contributed by atoms with Crippen molar-refractivity contribution in [2.75, 3.05) is 44.4 Å². The van der Waals surface area contributed by atoms with Crippen LogP contribution < -0.4 is 4.90 Å². The van der Waals surface area contributed by atoms with Crippen molar-refractivity contribution in [1.82, 2.24) is 30.0 Å². The van der Waals surface area contributed by atoms with Gasteiger partial charge in [-0.2, -0.15) is 5.10 Å². The molecule has 4 heterocycles. The molecule has 1 amide bonds. The van der Waals surface area contributed by atoms with Gasteiger partial charge in [0.15, 0.2) is 11.5 Å². The number of anilines is 1. The van der Waals surface area contributed by atoms with Gasteiger partial charge in [0, 0.05) is 30.9 Å². The molecule has 0 spiro atoms. The summed E-state index contributed by atoms with van der Waals surface area (Å²) in [5, 5.41) is 17.5. The Kier molecular flexibility index (Phi) is 5.20. The van der Waals surface area contributed by atoms with Crippen molar-refractivity contribution in [2.45, 2.75) is 39.2 Å². The maximum absolute atomic E-state index is 13.3. The Labute approximate surface area is 197 Å². The minimum absolute atomic E-state index is 0.0679. The van der Waals surface area contributed by atoms with Gasteiger partial charge >= 0.3 is 0 Å². The topological polar surface area (TPSA) is 123 Å². The summed E-state index contributed by atoms with van der Waals surface area (Å²) in [6, 6.07) is 1.54. The molecular weight excluding hydrogens is 434 g/mol. The van der Waals surface area contributed by atoms with Crippen LogP contribution in [0.5, 0.6) is 0 Å². The summed E-state index contributed by atoms with van der Waals surface area (Å²) < 4.78 is 5.42. The summed E-state index contributed by atoms with van der Waals surface area (Å²) in [6.07, 6.45) is 5.02. The Morgan fingerprint density at radius 3 is 3.03 bits per heavy atom. The highest BCUT2D eigenvalue weighted by molar-refractivity contribution is 5.98. The van der Waals surface area contributed by atoms with Crippen LogP contribution in [0.25, 0.3) is 22.7 Å². The number of aromatic amines is 2. The molecule has 2 fully saturated rings. The molecule has 0 aromatic carbocycles. The van der Waals surface area contributed by atoms with Crippen LogP contribution in [-0.2, 0) is 22.4 Å². The summed E-state index contributed by atoms with van der Waals surface area (Å²) in [4.78, 5) is 29.7. The zero-order valence-electron chi connectivity index (χ0n) is 19.7. The van der Waals surface area contributed by atoms with Gasteiger partial charge in [0.25, 0.3) is 0 Å². The molecule has 10 heteroatoms. The summed E-state index contributed by atoms with van der Waals surface area (Å²) in [6.45, 7) is 7.00. The SMILES string of the molecule is C[C@@H](C(=O)N(CCO)c1cnc2[nH]c(-c3n[nH]c4c3C[C@@H]3C[C@]3(C)C4)nc2c1)N1CCOCC1. The van der Waals surface area contributed by atoms with Crippen LogP contribution in [0.4, 0.5) is 5.69 Å². The van der Waals surface area contributed by atoms with E-state index >= 15 is 0 Å². The van der Waals surface area contributed by atoms with E-state index in [9.17, 15) is 9.90 Å². The number of pyridine rings is 1. The Morgan fingerprint density at radius 1 is 1.41 bits per heavy atom. The van der Waals surface area contributed by atoms with Gasteiger partial charge in [0.1, 0.15) is 11.2 Å². The van der Waals surface area contributed by atoms with Gasteiger partial charge in [-0.25, -0.2) is 9.97 Å². The number of rotatable bonds is 6. The number of fused-ring (bicyclic) bond motifs is 3. The number of nitrogens with zero attached hydrogens (tertiary/aromatic N) is 5. The van der Waals surface area contributed by atoms with Gasteiger partial charge in [0.2, 0.25) is 5.91 Å². The van der Waals surface area contributed by atoms with Crippen molar-refractivity contribution in [3.63, 3.8) is 0 Å². The molecule has 180 valence electrons. The average Bonchev–Trinajstić information content (AvgIpc) is 3.15. The maximum atomic E-state index is 13.3. The lowest BCUT2D eigenvalue weighted by molar-refractivity contribution is -0.125. The zero-order chi connectivity index (χ0) is 23.4. The normalized spacial score (nSPS) is 25.1. The third-order valence-electron chi connectivity index (χ3n) is 7.92. The summed E-state index contributed by atoms with van der Waals surface area (Å²) >= 11 is 0. The van der Waals surface area contributed by atoms with Crippen molar-refractivity contribution in [3.05, 3.63) is 23.5 Å². The van der Waals surface area contributed by atoms with Crippen LogP contribution in [0.3, 0.4) is 0 Å². The van der Waals surface area contributed by atoms with E-state index in [-0.39, 0.29) is 25.1 Å². The number of carbonyl (C=O) groups excluding carboxylic acids is 1. The Hall–Kier alpha value is -2.82. The van der Waals surface area contributed by atoms with Crippen molar-refractivity contribution in [2.24, 2.45) is 11.3 Å². The number of hydrogen-bond donors (Lipinski definition) is 3. The monoisotopic (exact) mass is 465 g/mol. The van der Waals surface area contributed by atoms with Crippen LogP contribution in [0.2, 0.25) is 0 Å². The van der Waals surface area contributed by atoms with Crippen molar-refractivity contribution >= 4 is 22.8 Å². The number of nitrogens with one attached hydrogen (secondary N) is 2. The second-order valence-electron chi connectivity index (χ2n) is 10.1. The van der Waals surface area contributed by atoms with Crippen molar-refractivity contribution in [3.8, 4) is 11.5 Å². The number of aromatic nitrogens is 5. The second-order valence-corrected chi connectivity index (χ2v) is 10.1. The Balaban J connectivity index is 1.28. The van der Waals surface area contributed by atoms with Gasteiger partial charge in [-0.15, -0.1) is 0 Å². The molecule has 0 bridgehead atoms. The quantitative estimate of drug-likeness (QED) is 0.504. The van der Waals surface area contributed by atoms with Crippen molar-refractivity contribution in [1.29, 1.82) is 0 Å². The highest BCUT2D eigenvalue weighted by atomic mass is 16.5. The number of carbonyl (C=O) groups is 1. The van der Waals surface area contributed by atoms with E-state index in [4.69, 9.17) is 9.72 Å². The molecule has 1 saturated carbocycles. The van der Waals surface area contributed by atoms with E-state index < -0.39 is 0 Å². The van der Waals surface area contributed by atoms with E-state index in [1.54, 1.807) is 11.1 Å². The van der Waals surface area contributed by atoms with Crippen molar-refractivity contribution < 1.29 is 14.6 Å². The maximum Gasteiger partial charge on any atom is 0.244 e. The molecule has 3 aliphatic rings. The third kappa shape index (κ3) is 3.60. The van der Waals surface area contributed by atoms with Crippen LogP contribution in [0.1, 0.15) is 31.5 Å². The predicted octanol–water partition coefficient (Wildman–Crippen LogP) is 1.52. The first-order chi connectivity index (χ1) is 16.5. The fourth-order valence-electron chi connectivity index (χ4n) is 5.61. The molecule has 3 aromatic heterocycles. The lowest BCUT2D eigenvalue weighted by Gasteiger charge is -2.34. The Morgan fingerprint density at radius 2 is 2.24 bits per heavy atom. The Bertz CT molecular complexity index is 1230. The number of aliphatic hydroxyl groups excluding tert-OH is 1. The number of aliphatic hydroxyl groups is 1. The number of ether oxygens (including phenoxy) is 1. The second kappa shape index (κ2) is 8.14. The molecule has 3 atom stereocenters. The lowest BCUT2D eigenvalue weighted by Crippen LogP contribution is -2.51. The van der Waals surface area contributed by atoms with Gasteiger partial charge in [-0.3, -0.25) is 14.8 Å². The van der Waals surface area contributed by atoms with E-state index in [2.05, 4.69) is 32.0 Å². The molecule has 6 rings (SSSR count). The third-order valence-corrected chi connectivity index (χ3v) is 7.92. The first kappa shape index (κ1) is 21.7. The standard InChI is InChI=1S/C24H31N7O3/c1-14(30-4-7-34-8-5-30)23(33)31(3-6-32)16-10-18-21(25-13-16)27-22(26-18)20-17-9-15-11-24(15,2)12-19(17)28-29-20/h10,13-15,32H,3-9,11-12H2,1-2H3,(H,28,29)(H,25,26,27)/t14-,15+,24+/m0/s1. The molecule has 0 radical (unpaired) electrons. The van der Waals surface area contributed by atoms with Crippen LogP contribution in [0.15, 0.2) is 12.3 Å². The minimum atomic E-state index is -0.315. The molecule has 34 heavy (non-hydrogen) atoms. The summed E-state index contributed by atoms with van der Waals surface area (Å²) in [5.74, 6) is 1.36. The molecule has 3 aromatic rings. The average molecular weight is 466 g/mol. The van der Waals surface area contributed by atoms with Gasteiger partial charge < -0.3 is 19.7 Å². The van der Waals surface area contributed by atoms with E-state index in [0.29, 0.717) is 54.4 Å². The fraction of sp³-hybridized carbons (Fsp3) is 0.583. The lowest BCUT2D eigenvalue weighted by atomic mass is 9.88.